The highest BCUT2D eigenvalue weighted by atomic mass is 16.3. The Labute approximate surface area is 141 Å². The van der Waals surface area contributed by atoms with Crippen molar-refractivity contribution >= 4 is 11.8 Å². The van der Waals surface area contributed by atoms with Crippen LogP contribution >= 0.6 is 0 Å². The van der Waals surface area contributed by atoms with Crippen LogP contribution in [0.2, 0.25) is 0 Å². The van der Waals surface area contributed by atoms with Gasteiger partial charge in [0, 0.05) is 32.5 Å². The lowest BCUT2D eigenvalue weighted by Gasteiger charge is -2.22. The van der Waals surface area contributed by atoms with Gasteiger partial charge in [0.15, 0.2) is 0 Å². The molecule has 3 N–H and O–H groups in total. The Hall–Kier alpha value is -1.10. The minimum absolute atomic E-state index is 0.0788. The number of hydrogen-bond donors (Lipinski definition) is 3. The molecule has 0 aliphatic rings. The zero-order valence-electron chi connectivity index (χ0n) is 15.2. The first-order valence-electron chi connectivity index (χ1n) is 9.05. The van der Waals surface area contributed by atoms with Gasteiger partial charge in [-0.2, -0.15) is 0 Å². The summed E-state index contributed by atoms with van der Waals surface area (Å²) < 4.78 is 0. The molecule has 0 aromatic carbocycles. The lowest BCUT2D eigenvalue weighted by molar-refractivity contribution is -0.123. The normalized spacial score (nSPS) is 11.3. The standard InChI is InChI=1S/C18H36N2O3/c1-4-16(22)19-12-9-7-5-6-8-10-13-20-17(23)15-18(2,3)11-14-21/h21H,4-15H2,1-3H3,(H,19,22)(H,20,23). The van der Waals surface area contributed by atoms with Crippen molar-refractivity contribution in [1.82, 2.24) is 10.6 Å². The zero-order chi connectivity index (χ0) is 17.6. The summed E-state index contributed by atoms with van der Waals surface area (Å²) in [5, 5.41) is 14.8. The second kappa shape index (κ2) is 13.3. The third kappa shape index (κ3) is 14.2. The molecule has 0 aliphatic heterocycles. The van der Waals surface area contributed by atoms with Gasteiger partial charge in [0.25, 0.3) is 0 Å². The fourth-order valence-corrected chi connectivity index (χ4v) is 2.43. The molecule has 5 nitrogen and oxygen atoms in total. The number of hydrogen-bond acceptors (Lipinski definition) is 3. The predicted molar refractivity (Wildman–Crippen MR) is 94.1 cm³/mol. The van der Waals surface area contributed by atoms with E-state index < -0.39 is 0 Å². The molecule has 0 aromatic heterocycles. The van der Waals surface area contributed by atoms with E-state index in [4.69, 9.17) is 5.11 Å². The van der Waals surface area contributed by atoms with E-state index in [0.717, 1.165) is 38.8 Å². The molecule has 0 heterocycles. The number of carbonyl (C=O) groups is 2. The van der Waals surface area contributed by atoms with E-state index >= 15 is 0 Å². The Morgan fingerprint density at radius 3 is 1.83 bits per heavy atom. The van der Waals surface area contributed by atoms with Crippen LogP contribution in [0.4, 0.5) is 0 Å². The van der Waals surface area contributed by atoms with Gasteiger partial charge in [-0.25, -0.2) is 0 Å². The maximum absolute atomic E-state index is 11.8. The van der Waals surface area contributed by atoms with Crippen molar-refractivity contribution in [2.45, 2.75) is 78.6 Å². The molecule has 23 heavy (non-hydrogen) atoms. The Morgan fingerprint density at radius 1 is 0.870 bits per heavy atom. The van der Waals surface area contributed by atoms with Crippen LogP contribution in [0.1, 0.15) is 78.6 Å². The number of carbonyl (C=O) groups excluding carboxylic acids is 2. The monoisotopic (exact) mass is 328 g/mol. The second-order valence-corrected chi connectivity index (χ2v) is 6.99. The van der Waals surface area contributed by atoms with Crippen molar-refractivity contribution < 1.29 is 14.7 Å². The van der Waals surface area contributed by atoms with Crippen molar-refractivity contribution in [2.24, 2.45) is 5.41 Å². The van der Waals surface area contributed by atoms with Gasteiger partial charge in [-0.3, -0.25) is 9.59 Å². The molecule has 0 aliphatic carbocycles. The van der Waals surface area contributed by atoms with E-state index in [1.165, 1.54) is 12.8 Å². The molecule has 0 rings (SSSR count). The summed E-state index contributed by atoms with van der Waals surface area (Å²) in [6.07, 6.45) is 8.36. The van der Waals surface area contributed by atoms with Crippen molar-refractivity contribution in [3.63, 3.8) is 0 Å². The van der Waals surface area contributed by atoms with Crippen molar-refractivity contribution in [3.8, 4) is 0 Å². The highest BCUT2D eigenvalue weighted by Crippen LogP contribution is 2.24. The SMILES string of the molecule is CCC(=O)NCCCCCCCCNC(=O)CC(C)(C)CCO. The second-order valence-electron chi connectivity index (χ2n) is 6.99. The highest BCUT2D eigenvalue weighted by molar-refractivity contribution is 5.76. The molecule has 5 heteroatoms. The number of aliphatic hydroxyl groups is 1. The predicted octanol–water partition coefficient (Wildman–Crippen LogP) is 2.77. The highest BCUT2D eigenvalue weighted by Gasteiger charge is 2.20. The molecule has 0 fully saturated rings. The lowest BCUT2D eigenvalue weighted by atomic mass is 9.86. The van der Waals surface area contributed by atoms with Crippen LogP contribution in [0, 0.1) is 5.41 Å². The molecule has 0 bridgehead atoms. The first-order valence-corrected chi connectivity index (χ1v) is 9.05. The van der Waals surface area contributed by atoms with Gasteiger partial charge in [-0.15, -0.1) is 0 Å². The lowest BCUT2D eigenvalue weighted by Crippen LogP contribution is -2.30. The zero-order valence-corrected chi connectivity index (χ0v) is 15.2. The molecule has 0 saturated carbocycles. The first-order chi connectivity index (χ1) is 10.9. The van der Waals surface area contributed by atoms with Crippen LogP contribution in [-0.2, 0) is 9.59 Å². The number of nitrogens with one attached hydrogen (secondary N) is 2. The summed E-state index contributed by atoms with van der Waals surface area (Å²) in [6, 6.07) is 0. The molecule has 0 radical (unpaired) electrons. The number of rotatable bonds is 14. The van der Waals surface area contributed by atoms with E-state index in [-0.39, 0.29) is 23.8 Å². The first kappa shape index (κ1) is 21.9. The average Bonchev–Trinajstić information content (AvgIpc) is 2.48. The summed E-state index contributed by atoms with van der Waals surface area (Å²) in [5.41, 5.74) is -0.133. The molecule has 0 aromatic rings. The van der Waals surface area contributed by atoms with Crippen LogP contribution in [0.25, 0.3) is 0 Å². The minimum atomic E-state index is -0.133. The quantitative estimate of drug-likeness (QED) is 0.429. The minimum Gasteiger partial charge on any atom is -0.396 e. The van der Waals surface area contributed by atoms with E-state index in [1.54, 1.807) is 0 Å². The van der Waals surface area contributed by atoms with E-state index in [9.17, 15) is 9.59 Å². The molecule has 2 amide bonds. The Bertz CT molecular complexity index is 330. The van der Waals surface area contributed by atoms with Crippen LogP contribution in [0.3, 0.4) is 0 Å². The topological polar surface area (TPSA) is 78.4 Å². The molecule has 0 spiro atoms. The summed E-state index contributed by atoms with van der Waals surface area (Å²) in [6.45, 7) is 7.52. The van der Waals surface area contributed by atoms with Gasteiger partial charge in [0.2, 0.25) is 11.8 Å². The smallest absolute Gasteiger partial charge is 0.220 e. The Morgan fingerprint density at radius 2 is 1.35 bits per heavy atom. The molecular weight excluding hydrogens is 292 g/mol. The molecule has 0 saturated heterocycles. The van der Waals surface area contributed by atoms with Gasteiger partial charge in [-0.05, 0) is 24.7 Å². The maximum atomic E-state index is 11.8. The summed E-state index contributed by atoms with van der Waals surface area (Å²) >= 11 is 0. The van der Waals surface area contributed by atoms with Gasteiger partial charge < -0.3 is 15.7 Å². The molecule has 136 valence electrons. The Kier molecular flexibility index (Phi) is 12.7. The van der Waals surface area contributed by atoms with Gasteiger partial charge in [0.1, 0.15) is 0 Å². The fraction of sp³-hybridized carbons (Fsp3) is 0.889. The van der Waals surface area contributed by atoms with Crippen molar-refractivity contribution in [2.75, 3.05) is 19.7 Å². The summed E-state index contributed by atoms with van der Waals surface area (Å²) in [5.74, 6) is 0.207. The maximum Gasteiger partial charge on any atom is 0.220 e. The van der Waals surface area contributed by atoms with E-state index in [0.29, 0.717) is 19.3 Å². The summed E-state index contributed by atoms with van der Waals surface area (Å²) in [7, 11) is 0. The number of amides is 2. The van der Waals surface area contributed by atoms with Gasteiger partial charge >= 0.3 is 0 Å². The van der Waals surface area contributed by atoms with Crippen molar-refractivity contribution in [3.05, 3.63) is 0 Å². The van der Waals surface area contributed by atoms with Crippen LogP contribution in [-0.4, -0.2) is 36.6 Å². The third-order valence-corrected chi connectivity index (χ3v) is 4.00. The van der Waals surface area contributed by atoms with Crippen LogP contribution in [0.5, 0.6) is 0 Å². The number of aliphatic hydroxyl groups excluding tert-OH is 1. The molecule has 0 unspecified atom stereocenters. The molecule has 0 atom stereocenters. The van der Waals surface area contributed by atoms with E-state index in [2.05, 4.69) is 10.6 Å². The van der Waals surface area contributed by atoms with Gasteiger partial charge in [-0.1, -0.05) is 46.5 Å². The van der Waals surface area contributed by atoms with Crippen molar-refractivity contribution in [1.29, 1.82) is 0 Å². The van der Waals surface area contributed by atoms with Crippen LogP contribution < -0.4 is 10.6 Å². The van der Waals surface area contributed by atoms with Crippen LogP contribution in [0.15, 0.2) is 0 Å². The Balaban J connectivity index is 3.39. The summed E-state index contributed by atoms with van der Waals surface area (Å²) in [4.78, 5) is 22.8. The number of unbranched alkanes of at least 4 members (excludes halogenated alkanes) is 5. The largest absolute Gasteiger partial charge is 0.396 e. The van der Waals surface area contributed by atoms with Gasteiger partial charge in [0.05, 0.1) is 0 Å². The molecular formula is C18H36N2O3. The third-order valence-electron chi connectivity index (χ3n) is 4.00. The fourth-order valence-electron chi connectivity index (χ4n) is 2.43. The van der Waals surface area contributed by atoms with E-state index in [1.807, 2.05) is 20.8 Å². The average molecular weight is 328 g/mol.